The molecule has 1 unspecified atom stereocenters. The number of nitrogens with one attached hydrogen (secondary N) is 2. The molecule has 0 saturated carbocycles. The molecule has 7 heteroatoms. The van der Waals surface area contributed by atoms with Gasteiger partial charge < -0.3 is 20.3 Å². The summed E-state index contributed by atoms with van der Waals surface area (Å²) in [7, 11) is 6.08. The number of aliphatic imine (C=N–C) groups is 1. The van der Waals surface area contributed by atoms with Gasteiger partial charge in [0.25, 0.3) is 0 Å². The van der Waals surface area contributed by atoms with E-state index in [4.69, 9.17) is 4.74 Å². The number of ether oxygens (including phenoxy) is 1. The molecule has 1 aliphatic rings. The van der Waals surface area contributed by atoms with Crippen molar-refractivity contribution in [3.8, 4) is 11.5 Å². The molecule has 1 saturated heterocycles. The van der Waals surface area contributed by atoms with Crippen LogP contribution in [-0.4, -0.2) is 75.7 Å². The van der Waals surface area contributed by atoms with Crippen LogP contribution in [0.3, 0.4) is 0 Å². The fourth-order valence-corrected chi connectivity index (χ4v) is 3.48. The normalized spacial score (nSPS) is 18.3. The summed E-state index contributed by atoms with van der Waals surface area (Å²) in [5.41, 5.74) is 0.907. The number of hydrogen-bond acceptors (Lipinski definition) is 4. The van der Waals surface area contributed by atoms with Crippen molar-refractivity contribution in [2.45, 2.75) is 12.5 Å². The van der Waals surface area contributed by atoms with Gasteiger partial charge in [0.1, 0.15) is 5.75 Å². The Kier molecular flexibility index (Phi) is 8.04. The summed E-state index contributed by atoms with van der Waals surface area (Å²) in [5, 5.41) is 6.71. The van der Waals surface area contributed by atoms with E-state index in [0.29, 0.717) is 24.8 Å². The lowest BCUT2D eigenvalue weighted by atomic mass is 10.1. The second-order valence-corrected chi connectivity index (χ2v) is 7.71. The number of halogens is 1. The van der Waals surface area contributed by atoms with E-state index < -0.39 is 0 Å². The van der Waals surface area contributed by atoms with Gasteiger partial charge in [0.2, 0.25) is 0 Å². The average molecular weight is 414 g/mol. The van der Waals surface area contributed by atoms with Crippen molar-refractivity contribution in [1.29, 1.82) is 0 Å². The second kappa shape index (κ2) is 10.9. The smallest absolute Gasteiger partial charge is 0.191 e. The molecule has 30 heavy (non-hydrogen) atoms. The number of guanidine groups is 1. The molecular weight excluding hydrogens is 381 g/mol. The van der Waals surface area contributed by atoms with Gasteiger partial charge in [0.15, 0.2) is 17.5 Å². The molecule has 0 bridgehead atoms. The zero-order valence-electron chi connectivity index (χ0n) is 18.1. The molecule has 1 atom stereocenters. The van der Waals surface area contributed by atoms with Crippen molar-refractivity contribution >= 4 is 5.96 Å². The Hall–Kier alpha value is -2.64. The minimum absolute atomic E-state index is 0.233. The van der Waals surface area contributed by atoms with E-state index in [-0.39, 0.29) is 11.6 Å². The van der Waals surface area contributed by atoms with E-state index in [1.54, 1.807) is 25.2 Å². The Balaban J connectivity index is 1.45. The summed E-state index contributed by atoms with van der Waals surface area (Å²) in [6.45, 7) is 4.71. The first-order valence-corrected chi connectivity index (χ1v) is 10.4. The fraction of sp³-hybridized carbons (Fsp3) is 0.435. The van der Waals surface area contributed by atoms with Crippen LogP contribution in [0.25, 0.3) is 0 Å². The highest BCUT2D eigenvalue weighted by atomic mass is 19.1. The molecule has 0 spiro atoms. The van der Waals surface area contributed by atoms with Crippen LogP contribution in [0.2, 0.25) is 0 Å². The van der Waals surface area contributed by atoms with Gasteiger partial charge in [-0.3, -0.25) is 9.89 Å². The first-order chi connectivity index (χ1) is 14.5. The van der Waals surface area contributed by atoms with Crippen molar-refractivity contribution in [3.63, 3.8) is 0 Å². The lowest BCUT2D eigenvalue weighted by molar-refractivity contribution is 0.116. The number of para-hydroxylation sites is 1. The van der Waals surface area contributed by atoms with Crippen molar-refractivity contribution in [1.82, 2.24) is 20.4 Å². The topological polar surface area (TPSA) is 52.1 Å². The Labute approximate surface area is 178 Å². The highest BCUT2D eigenvalue weighted by Gasteiger charge is 2.22. The van der Waals surface area contributed by atoms with Gasteiger partial charge in [0, 0.05) is 45.8 Å². The fourth-order valence-electron chi connectivity index (χ4n) is 3.48. The van der Waals surface area contributed by atoms with Gasteiger partial charge in [-0.25, -0.2) is 4.39 Å². The molecular formula is C23H32FN5O. The van der Waals surface area contributed by atoms with E-state index in [1.165, 1.54) is 6.07 Å². The number of hydrogen-bond donors (Lipinski definition) is 2. The summed E-state index contributed by atoms with van der Waals surface area (Å²) in [6.07, 6.45) is 0.690. The molecule has 1 heterocycles. The quantitative estimate of drug-likeness (QED) is 0.540. The summed E-state index contributed by atoms with van der Waals surface area (Å²) in [5.74, 6) is 1.26. The van der Waals surface area contributed by atoms with Gasteiger partial charge >= 0.3 is 0 Å². The number of piperazine rings is 1. The van der Waals surface area contributed by atoms with Crippen LogP contribution < -0.4 is 15.4 Å². The van der Waals surface area contributed by atoms with Crippen LogP contribution in [0.5, 0.6) is 11.5 Å². The molecule has 1 fully saturated rings. The minimum atomic E-state index is -0.358. The van der Waals surface area contributed by atoms with E-state index in [9.17, 15) is 4.39 Å². The van der Waals surface area contributed by atoms with Crippen LogP contribution in [-0.2, 0) is 6.42 Å². The van der Waals surface area contributed by atoms with Gasteiger partial charge in [-0.15, -0.1) is 0 Å². The van der Waals surface area contributed by atoms with Crippen LogP contribution in [0, 0.1) is 5.82 Å². The molecule has 2 aromatic carbocycles. The molecule has 3 rings (SSSR count). The summed E-state index contributed by atoms with van der Waals surface area (Å²) in [6, 6.07) is 14.8. The van der Waals surface area contributed by atoms with Gasteiger partial charge in [-0.2, -0.15) is 0 Å². The molecule has 0 amide bonds. The third kappa shape index (κ3) is 6.43. The van der Waals surface area contributed by atoms with Crippen molar-refractivity contribution < 1.29 is 9.13 Å². The molecule has 2 aromatic rings. The predicted molar refractivity (Wildman–Crippen MR) is 120 cm³/mol. The van der Waals surface area contributed by atoms with E-state index in [0.717, 1.165) is 37.7 Å². The Bertz CT molecular complexity index is 830. The third-order valence-corrected chi connectivity index (χ3v) is 5.38. The predicted octanol–water partition coefficient (Wildman–Crippen LogP) is 2.57. The summed E-state index contributed by atoms with van der Waals surface area (Å²) >= 11 is 0. The maximum atomic E-state index is 14.4. The lowest BCUT2D eigenvalue weighted by Gasteiger charge is -2.37. The highest BCUT2D eigenvalue weighted by Crippen LogP contribution is 2.25. The van der Waals surface area contributed by atoms with Gasteiger partial charge in [-0.05, 0) is 50.3 Å². The van der Waals surface area contributed by atoms with E-state index in [2.05, 4.69) is 39.5 Å². The number of nitrogens with zero attached hydrogens (tertiary/aromatic N) is 3. The maximum absolute atomic E-state index is 14.4. The molecule has 0 aromatic heterocycles. The third-order valence-electron chi connectivity index (χ3n) is 5.38. The summed E-state index contributed by atoms with van der Waals surface area (Å²) < 4.78 is 20.0. The van der Waals surface area contributed by atoms with Crippen LogP contribution in [0.1, 0.15) is 5.56 Å². The molecule has 6 nitrogen and oxygen atoms in total. The summed E-state index contributed by atoms with van der Waals surface area (Å²) in [4.78, 5) is 9.02. The zero-order valence-corrected chi connectivity index (χ0v) is 18.1. The van der Waals surface area contributed by atoms with Crippen LogP contribution >= 0.6 is 0 Å². The first kappa shape index (κ1) is 22.1. The highest BCUT2D eigenvalue weighted by molar-refractivity contribution is 5.79. The van der Waals surface area contributed by atoms with Crippen LogP contribution in [0.4, 0.5) is 4.39 Å². The lowest BCUT2D eigenvalue weighted by Crippen LogP contribution is -2.55. The standard InChI is InChI=1S/C23H32FN5O/c1-25-23(27-16-19-17-28(2)13-14-29(19)3)26-12-11-18-9-10-22(21(24)15-18)30-20-7-5-4-6-8-20/h4-10,15,19H,11-14,16-17H2,1-3H3,(H2,25,26,27). The number of benzene rings is 2. The van der Waals surface area contributed by atoms with E-state index >= 15 is 0 Å². The van der Waals surface area contributed by atoms with Gasteiger partial charge in [0.05, 0.1) is 0 Å². The van der Waals surface area contributed by atoms with Crippen LogP contribution in [0.15, 0.2) is 53.5 Å². The van der Waals surface area contributed by atoms with Crippen molar-refractivity contribution in [2.24, 2.45) is 4.99 Å². The SMILES string of the molecule is CN=C(NCCc1ccc(Oc2ccccc2)c(F)c1)NCC1CN(C)CCN1C. The molecule has 0 radical (unpaired) electrons. The maximum Gasteiger partial charge on any atom is 0.191 e. The Morgan fingerprint density at radius 3 is 2.67 bits per heavy atom. The van der Waals surface area contributed by atoms with E-state index in [1.807, 2.05) is 24.3 Å². The Morgan fingerprint density at radius 1 is 1.13 bits per heavy atom. The zero-order chi connectivity index (χ0) is 21.3. The van der Waals surface area contributed by atoms with Crippen molar-refractivity contribution in [3.05, 3.63) is 59.9 Å². The van der Waals surface area contributed by atoms with Gasteiger partial charge in [-0.1, -0.05) is 24.3 Å². The molecule has 0 aliphatic carbocycles. The minimum Gasteiger partial charge on any atom is -0.454 e. The molecule has 2 N–H and O–H groups in total. The first-order valence-electron chi connectivity index (χ1n) is 10.4. The number of rotatable bonds is 7. The molecule has 1 aliphatic heterocycles. The number of likely N-dealkylation sites (N-methyl/N-ethyl adjacent to an activating group) is 2. The monoisotopic (exact) mass is 413 g/mol. The molecule has 162 valence electrons. The van der Waals surface area contributed by atoms with Crippen molar-refractivity contribution in [2.75, 3.05) is 53.9 Å². The largest absolute Gasteiger partial charge is 0.454 e. The second-order valence-electron chi connectivity index (χ2n) is 7.71. The Morgan fingerprint density at radius 2 is 1.93 bits per heavy atom. The average Bonchev–Trinajstić information content (AvgIpc) is 2.75.